The highest BCUT2D eigenvalue weighted by Crippen LogP contribution is 2.53. The molecule has 16 nitrogen and oxygen atoms in total. The van der Waals surface area contributed by atoms with Crippen molar-refractivity contribution in [2.24, 2.45) is 10.9 Å². The molecule has 0 bridgehead atoms. The number of nitrogens with one attached hydrogen (secondary N) is 3. The van der Waals surface area contributed by atoms with Crippen LogP contribution in [-0.4, -0.2) is 121 Å². The van der Waals surface area contributed by atoms with Crippen molar-refractivity contribution in [3.8, 4) is 33.5 Å². The summed E-state index contributed by atoms with van der Waals surface area (Å²) >= 11 is 0. The van der Waals surface area contributed by atoms with Gasteiger partial charge in [0.25, 0.3) is 11.8 Å². The molecule has 4 aromatic carbocycles. The van der Waals surface area contributed by atoms with Gasteiger partial charge < -0.3 is 49.1 Å². The van der Waals surface area contributed by atoms with Crippen molar-refractivity contribution in [3.05, 3.63) is 119 Å². The van der Waals surface area contributed by atoms with Crippen molar-refractivity contribution in [1.82, 2.24) is 30.4 Å². The third-order valence-corrected chi connectivity index (χ3v) is 14.9. The second kappa shape index (κ2) is 18.6. The summed E-state index contributed by atoms with van der Waals surface area (Å²) in [7, 11) is 2.51. The average Bonchev–Trinajstić information content (AvgIpc) is 4.28. The van der Waals surface area contributed by atoms with E-state index in [1.165, 1.54) is 20.3 Å². The quantitative estimate of drug-likeness (QED) is 0.125. The molecule has 4 saturated heterocycles. The zero-order valence-corrected chi connectivity index (χ0v) is 39.3. The van der Waals surface area contributed by atoms with E-state index in [1.54, 1.807) is 64.5 Å². The van der Waals surface area contributed by atoms with Crippen LogP contribution < -0.4 is 10.6 Å². The lowest BCUT2D eigenvalue weighted by molar-refractivity contribution is -0.153. The molecule has 4 fully saturated rings. The minimum Gasteiger partial charge on any atom is -0.453 e. The molecule has 4 atom stereocenters. The van der Waals surface area contributed by atoms with Crippen LogP contribution in [0.1, 0.15) is 72.3 Å². The smallest absolute Gasteiger partial charge is 0.407 e. The number of imidazole rings is 1. The fourth-order valence-electron chi connectivity index (χ4n) is 11.3. The summed E-state index contributed by atoms with van der Waals surface area (Å²) in [4.78, 5) is 69.9. The number of carbonyl (C=O) groups excluding carboxylic acids is 4. The second-order valence-electron chi connectivity index (χ2n) is 18.9. The van der Waals surface area contributed by atoms with Crippen molar-refractivity contribution < 1.29 is 51.6 Å². The van der Waals surface area contributed by atoms with Crippen LogP contribution in [0.2, 0.25) is 0 Å². The number of benzene rings is 4. The van der Waals surface area contributed by atoms with Crippen LogP contribution in [0.3, 0.4) is 0 Å². The summed E-state index contributed by atoms with van der Waals surface area (Å²) in [6.07, 6.45) is 3.56. The van der Waals surface area contributed by atoms with E-state index >= 15 is 8.78 Å². The summed E-state index contributed by atoms with van der Waals surface area (Å²) in [5.74, 6) is -4.48. The van der Waals surface area contributed by atoms with Crippen molar-refractivity contribution in [1.29, 1.82) is 0 Å². The highest BCUT2D eigenvalue weighted by atomic mass is 19.3. The molecule has 1 aliphatic carbocycles. The van der Waals surface area contributed by atoms with Gasteiger partial charge in [0.05, 0.1) is 63.6 Å². The van der Waals surface area contributed by atoms with Crippen molar-refractivity contribution in [2.45, 2.75) is 74.4 Å². The number of aromatic nitrogens is 2. The standard InChI is InChI=1S/C53H53F2N7O9/c1-67-50(65)59-45(30-7-4-3-5-8-30)49(64)62-29-52(70-21-22-71-52)27-44(62)41-26-35-23-32(12-15-40(35)57-41)33-10-13-36-37-14-11-34(25-39(37)53(54,55)38(36)24-33)42-28-56-47(58-42)43-9-6-18-61(43)48(63)46(60-51(66)68-2)31-16-19-69-20-17-31/h3-5,7-8,10-15,23-25,28,31,43-46H,6,9,16-22,26-27,29H2,1-2H3,(H,56,58)(H,59,65)(H,60,66)/t43-,44-,45+,46-/m0/s1. The predicted molar refractivity (Wildman–Crippen MR) is 255 cm³/mol. The normalized spacial score (nSPS) is 21.5. The molecule has 5 aliphatic heterocycles. The minimum atomic E-state index is -3.31. The fourth-order valence-corrected chi connectivity index (χ4v) is 11.3. The first kappa shape index (κ1) is 46.4. The lowest BCUT2D eigenvalue weighted by Gasteiger charge is -2.34. The van der Waals surface area contributed by atoms with Crippen molar-refractivity contribution >= 4 is 35.4 Å². The summed E-state index contributed by atoms with van der Waals surface area (Å²) in [6.45, 7) is 2.38. The summed E-state index contributed by atoms with van der Waals surface area (Å²) in [5.41, 5.74) is 6.02. The zero-order valence-electron chi connectivity index (χ0n) is 39.3. The van der Waals surface area contributed by atoms with Gasteiger partial charge in [-0.3, -0.25) is 14.6 Å². The first-order chi connectivity index (χ1) is 34.4. The number of hydrogen-bond acceptors (Lipinski definition) is 11. The largest absolute Gasteiger partial charge is 0.453 e. The maximum absolute atomic E-state index is 16.8. The Morgan fingerprint density at radius 1 is 0.775 bits per heavy atom. The number of hydrogen-bond donors (Lipinski definition) is 3. The van der Waals surface area contributed by atoms with Gasteiger partial charge in [0, 0.05) is 55.0 Å². The Bertz CT molecular complexity index is 2930. The van der Waals surface area contributed by atoms with E-state index in [9.17, 15) is 19.2 Å². The summed E-state index contributed by atoms with van der Waals surface area (Å²) < 4.78 is 61.0. The number of alkyl halides is 2. The third-order valence-electron chi connectivity index (χ3n) is 14.9. The Hall–Kier alpha value is -7.02. The van der Waals surface area contributed by atoms with Gasteiger partial charge in [-0.1, -0.05) is 60.7 Å². The van der Waals surface area contributed by atoms with E-state index in [4.69, 9.17) is 28.7 Å². The van der Waals surface area contributed by atoms with Gasteiger partial charge in [-0.2, -0.15) is 8.78 Å². The Balaban J connectivity index is 0.811. The first-order valence-corrected chi connectivity index (χ1v) is 24.1. The van der Waals surface area contributed by atoms with E-state index in [1.807, 2.05) is 30.3 Å². The van der Waals surface area contributed by atoms with Gasteiger partial charge >= 0.3 is 12.2 Å². The Labute approximate surface area is 408 Å². The molecule has 0 saturated carbocycles. The molecular formula is C53H53F2N7O9. The van der Waals surface area contributed by atoms with E-state index < -0.39 is 48.1 Å². The number of ether oxygens (including phenoxy) is 5. The third kappa shape index (κ3) is 8.50. The van der Waals surface area contributed by atoms with Crippen LogP contribution in [0.25, 0.3) is 33.5 Å². The van der Waals surface area contributed by atoms with Gasteiger partial charge in [0.15, 0.2) is 5.79 Å². The number of rotatable bonds is 10. The van der Waals surface area contributed by atoms with Crippen molar-refractivity contribution in [2.75, 3.05) is 53.7 Å². The minimum absolute atomic E-state index is 0.0971. The van der Waals surface area contributed by atoms with Gasteiger partial charge in [-0.05, 0) is 89.2 Å². The number of aromatic amines is 1. The van der Waals surface area contributed by atoms with E-state index in [2.05, 4.69) is 20.6 Å². The highest BCUT2D eigenvalue weighted by Gasteiger charge is 2.53. The molecule has 6 aliphatic rings. The van der Waals surface area contributed by atoms with Gasteiger partial charge in [0.2, 0.25) is 5.91 Å². The number of nitrogens with zero attached hydrogens (tertiary/aromatic N) is 4. The molecule has 0 unspecified atom stereocenters. The number of likely N-dealkylation sites (tertiary alicyclic amines) is 2. The summed E-state index contributed by atoms with van der Waals surface area (Å²) in [5, 5.41) is 5.48. The van der Waals surface area contributed by atoms with Gasteiger partial charge in [-0.15, -0.1) is 0 Å². The Morgan fingerprint density at radius 2 is 1.45 bits per heavy atom. The van der Waals surface area contributed by atoms with Gasteiger partial charge in [0.1, 0.15) is 17.9 Å². The van der Waals surface area contributed by atoms with Crippen LogP contribution in [0.15, 0.2) is 96.1 Å². The van der Waals surface area contributed by atoms with Crippen LogP contribution in [0, 0.1) is 5.92 Å². The zero-order chi connectivity index (χ0) is 49.0. The molecule has 1 aromatic heterocycles. The molecule has 4 amide bonds. The highest BCUT2D eigenvalue weighted by molar-refractivity contribution is 6.02. The first-order valence-electron chi connectivity index (χ1n) is 24.1. The van der Waals surface area contributed by atoms with Gasteiger partial charge in [-0.25, -0.2) is 14.6 Å². The van der Waals surface area contributed by atoms with Crippen LogP contribution >= 0.6 is 0 Å². The maximum atomic E-state index is 16.8. The molecule has 5 aromatic rings. The lowest BCUT2D eigenvalue weighted by Crippen LogP contribution is -2.53. The predicted octanol–water partition coefficient (Wildman–Crippen LogP) is 7.75. The molecular weight excluding hydrogens is 917 g/mol. The number of H-pyrrole nitrogens is 1. The van der Waals surface area contributed by atoms with E-state index in [0.717, 1.165) is 23.3 Å². The number of carbonyl (C=O) groups is 4. The monoisotopic (exact) mass is 969 g/mol. The molecule has 18 heteroatoms. The van der Waals surface area contributed by atoms with Crippen LogP contribution in [0.5, 0.6) is 0 Å². The van der Waals surface area contributed by atoms with Crippen LogP contribution in [-0.2, 0) is 45.6 Å². The number of alkyl carbamates (subject to hydrolysis) is 2. The number of halogens is 2. The molecule has 1 spiro atoms. The van der Waals surface area contributed by atoms with E-state index in [0.29, 0.717) is 110 Å². The molecule has 3 N–H and O–H groups in total. The molecule has 11 rings (SSSR count). The molecule has 368 valence electrons. The second-order valence-corrected chi connectivity index (χ2v) is 18.9. The SMILES string of the molecule is COC(=O)N[C@H](C(=O)N1CCC[C@H]1c1ncc(-c2ccc3c(c2)C(F)(F)c2cc(-c4ccc5c(c4)CC([C@@H]4CC6(CN4C(=O)[C@H](NC(=O)OC)c4ccccc4)OCCO6)=N5)ccc2-3)[nH]1)C1CCOCC1. The van der Waals surface area contributed by atoms with E-state index in [-0.39, 0.29) is 35.4 Å². The number of aliphatic imine (C=N–C) groups is 1. The number of methoxy groups -OCH3 is 2. The Morgan fingerprint density at radius 3 is 2.18 bits per heavy atom. The lowest BCUT2D eigenvalue weighted by atomic mass is 9.90. The number of amides is 4. The average molecular weight is 970 g/mol. The number of fused-ring (bicyclic) bond motifs is 4. The topological polar surface area (TPSA) is 186 Å². The fraction of sp³-hybridized carbons (Fsp3) is 0.396. The van der Waals surface area contributed by atoms with Crippen LogP contribution in [0.4, 0.5) is 24.1 Å². The maximum Gasteiger partial charge on any atom is 0.407 e. The summed E-state index contributed by atoms with van der Waals surface area (Å²) in [6, 6.07) is 22.1. The van der Waals surface area contributed by atoms with Crippen molar-refractivity contribution in [3.63, 3.8) is 0 Å². The molecule has 6 heterocycles. The molecule has 71 heavy (non-hydrogen) atoms. The molecule has 0 radical (unpaired) electrons. The Kier molecular flexibility index (Phi) is 12.2.